The molecule has 1 aliphatic rings. The van der Waals surface area contributed by atoms with Crippen molar-refractivity contribution in [2.75, 3.05) is 5.32 Å². The van der Waals surface area contributed by atoms with E-state index in [2.05, 4.69) is 10.3 Å². The van der Waals surface area contributed by atoms with Crippen LogP contribution in [0.1, 0.15) is 31.4 Å². The highest BCUT2D eigenvalue weighted by Crippen LogP contribution is 2.22. The lowest BCUT2D eigenvalue weighted by molar-refractivity contribution is -0.137. The zero-order valence-electron chi connectivity index (χ0n) is 10.5. The molecule has 0 aliphatic heterocycles. The second-order valence-corrected chi connectivity index (χ2v) is 5.38. The average molecular weight is 280 g/mol. The number of nitrogens with zero attached hydrogens (tertiary/aromatic N) is 1. The quantitative estimate of drug-likeness (QED) is 0.784. The fourth-order valence-corrected chi connectivity index (χ4v) is 2.69. The number of aryl methyl sites for hydroxylation is 1. The number of anilines is 1. The first-order chi connectivity index (χ1) is 9.15. The summed E-state index contributed by atoms with van der Waals surface area (Å²) in [6, 6.07) is 0. The number of carbonyl (C=O) groups is 2. The summed E-state index contributed by atoms with van der Waals surface area (Å²) < 4.78 is 0. The summed E-state index contributed by atoms with van der Waals surface area (Å²) >= 11 is 1.38. The monoisotopic (exact) mass is 280 g/mol. The second kappa shape index (κ2) is 6.47. The zero-order valence-corrected chi connectivity index (χ0v) is 11.3. The van der Waals surface area contributed by atoms with Crippen LogP contribution < -0.4 is 5.32 Å². The Hall–Kier alpha value is -1.69. The van der Waals surface area contributed by atoms with Gasteiger partial charge in [-0.2, -0.15) is 0 Å². The Morgan fingerprint density at radius 3 is 2.84 bits per heavy atom. The van der Waals surface area contributed by atoms with Crippen molar-refractivity contribution in [3.05, 3.63) is 23.2 Å². The standard InChI is InChI=1S/C13H16N2O3S/c16-11(17)7-3-6-10-8-19-13(14-10)15-12(18)9-4-1-2-5-9/h1-2,8-9H,3-7H2,(H,16,17)(H,14,15,18). The number of hydrogen-bond acceptors (Lipinski definition) is 4. The molecule has 0 spiro atoms. The summed E-state index contributed by atoms with van der Waals surface area (Å²) in [7, 11) is 0. The maximum absolute atomic E-state index is 11.9. The van der Waals surface area contributed by atoms with Gasteiger partial charge in [-0.05, 0) is 25.7 Å². The molecule has 1 amide bonds. The Morgan fingerprint density at radius 2 is 2.16 bits per heavy atom. The molecule has 0 saturated heterocycles. The van der Waals surface area contributed by atoms with Crippen molar-refractivity contribution in [3.63, 3.8) is 0 Å². The highest BCUT2D eigenvalue weighted by Gasteiger charge is 2.20. The molecule has 5 nitrogen and oxygen atoms in total. The normalized spacial score (nSPS) is 14.7. The minimum absolute atomic E-state index is 0.0106. The van der Waals surface area contributed by atoms with Gasteiger partial charge in [0.2, 0.25) is 5.91 Å². The van der Waals surface area contributed by atoms with Crippen LogP contribution in [0.15, 0.2) is 17.5 Å². The van der Waals surface area contributed by atoms with Crippen molar-refractivity contribution >= 4 is 28.3 Å². The lowest BCUT2D eigenvalue weighted by atomic mass is 10.1. The van der Waals surface area contributed by atoms with E-state index in [1.165, 1.54) is 11.3 Å². The Morgan fingerprint density at radius 1 is 1.42 bits per heavy atom. The van der Waals surface area contributed by atoms with Crippen molar-refractivity contribution in [3.8, 4) is 0 Å². The first-order valence-corrected chi connectivity index (χ1v) is 7.15. The predicted molar refractivity (Wildman–Crippen MR) is 73.2 cm³/mol. The maximum Gasteiger partial charge on any atom is 0.303 e. The molecular weight excluding hydrogens is 264 g/mol. The van der Waals surface area contributed by atoms with E-state index in [0.717, 1.165) is 18.5 Å². The molecule has 0 unspecified atom stereocenters. The third-order valence-electron chi connectivity index (χ3n) is 2.98. The molecule has 0 atom stereocenters. The number of carboxylic acid groups (broad SMARTS) is 1. The van der Waals surface area contributed by atoms with Crippen molar-refractivity contribution < 1.29 is 14.7 Å². The number of thiazole rings is 1. The Balaban J connectivity index is 1.80. The van der Waals surface area contributed by atoms with Gasteiger partial charge in [-0.1, -0.05) is 12.2 Å². The SMILES string of the molecule is O=C(O)CCCc1csc(NC(=O)C2CC=CC2)n1. The van der Waals surface area contributed by atoms with Gasteiger partial charge in [0.25, 0.3) is 0 Å². The number of nitrogens with one attached hydrogen (secondary N) is 1. The number of carboxylic acids is 1. The van der Waals surface area contributed by atoms with Crippen molar-refractivity contribution in [2.24, 2.45) is 5.92 Å². The molecule has 0 saturated carbocycles. The molecule has 1 aromatic heterocycles. The van der Waals surface area contributed by atoms with Crippen LogP contribution in [0.3, 0.4) is 0 Å². The summed E-state index contributed by atoms with van der Waals surface area (Å²) in [4.78, 5) is 26.6. The van der Waals surface area contributed by atoms with Crippen molar-refractivity contribution in [1.29, 1.82) is 0 Å². The summed E-state index contributed by atoms with van der Waals surface area (Å²) in [5.41, 5.74) is 0.839. The van der Waals surface area contributed by atoms with Gasteiger partial charge in [-0.25, -0.2) is 4.98 Å². The van der Waals surface area contributed by atoms with Crippen LogP contribution in [0.2, 0.25) is 0 Å². The van der Waals surface area contributed by atoms with E-state index >= 15 is 0 Å². The molecule has 102 valence electrons. The minimum Gasteiger partial charge on any atom is -0.481 e. The van der Waals surface area contributed by atoms with Gasteiger partial charge in [-0.3, -0.25) is 9.59 Å². The highest BCUT2D eigenvalue weighted by atomic mass is 32.1. The van der Waals surface area contributed by atoms with Crippen molar-refractivity contribution in [2.45, 2.75) is 32.1 Å². The van der Waals surface area contributed by atoms with Gasteiger partial charge in [0.15, 0.2) is 5.13 Å². The van der Waals surface area contributed by atoms with E-state index in [9.17, 15) is 9.59 Å². The number of rotatable bonds is 6. The number of hydrogen-bond donors (Lipinski definition) is 2. The summed E-state index contributed by atoms with van der Waals surface area (Å²) in [5, 5.41) is 13.8. The summed E-state index contributed by atoms with van der Waals surface area (Å²) in [6.07, 6.45) is 6.97. The fraction of sp³-hybridized carbons (Fsp3) is 0.462. The van der Waals surface area contributed by atoms with Gasteiger partial charge in [-0.15, -0.1) is 11.3 Å². The first kappa shape index (κ1) is 13.7. The number of aliphatic carboxylic acids is 1. The van der Waals surface area contributed by atoms with Crippen LogP contribution in [-0.4, -0.2) is 22.0 Å². The zero-order chi connectivity index (χ0) is 13.7. The average Bonchev–Trinajstić information content (AvgIpc) is 2.99. The molecule has 2 rings (SSSR count). The minimum atomic E-state index is -0.794. The Bertz CT molecular complexity index is 488. The molecule has 1 aliphatic carbocycles. The van der Waals surface area contributed by atoms with Crippen LogP contribution in [0.5, 0.6) is 0 Å². The summed E-state index contributed by atoms with van der Waals surface area (Å²) in [6.45, 7) is 0. The van der Waals surface area contributed by atoms with Crippen LogP contribution in [0.25, 0.3) is 0 Å². The van der Waals surface area contributed by atoms with E-state index in [1.54, 1.807) is 0 Å². The van der Waals surface area contributed by atoms with E-state index in [1.807, 2.05) is 17.5 Å². The van der Waals surface area contributed by atoms with Crippen LogP contribution in [0, 0.1) is 5.92 Å². The lowest BCUT2D eigenvalue weighted by Crippen LogP contribution is -2.20. The molecule has 19 heavy (non-hydrogen) atoms. The third kappa shape index (κ3) is 4.17. The number of allylic oxidation sites excluding steroid dienone is 2. The van der Waals surface area contributed by atoms with Gasteiger partial charge in [0.05, 0.1) is 5.69 Å². The van der Waals surface area contributed by atoms with Gasteiger partial charge in [0.1, 0.15) is 0 Å². The fourth-order valence-electron chi connectivity index (χ4n) is 1.94. The van der Waals surface area contributed by atoms with Crippen LogP contribution >= 0.6 is 11.3 Å². The molecule has 6 heteroatoms. The lowest BCUT2D eigenvalue weighted by Gasteiger charge is -2.07. The van der Waals surface area contributed by atoms with E-state index in [0.29, 0.717) is 18.0 Å². The molecule has 0 bridgehead atoms. The molecule has 0 fully saturated rings. The molecule has 2 N–H and O–H groups in total. The van der Waals surface area contributed by atoms with Gasteiger partial charge < -0.3 is 10.4 Å². The first-order valence-electron chi connectivity index (χ1n) is 6.27. The van der Waals surface area contributed by atoms with E-state index < -0.39 is 5.97 Å². The smallest absolute Gasteiger partial charge is 0.303 e. The van der Waals surface area contributed by atoms with Crippen LogP contribution in [0.4, 0.5) is 5.13 Å². The molecule has 0 aromatic carbocycles. The maximum atomic E-state index is 11.9. The molecular formula is C13H16N2O3S. The van der Waals surface area contributed by atoms with Crippen LogP contribution in [-0.2, 0) is 16.0 Å². The second-order valence-electron chi connectivity index (χ2n) is 4.52. The Labute approximate surface area is 115 Å². The van der Waals surface area contributed by atoms with Gasteiger partial charge >= 0.3 is 5.97 Å². The Kier molecular flexibility index (Phi) is 4.68. The predicted octanol–water partition coefficient (Wildman–Crippen LogP) is 2.46. The molecule has 1 aromatic rings. The molecule has 1 heterocycles. The third-order valence-corrected chi connectivity index (χ3v) is 3.79. The number of amides is 1. The summed E-state index contributed by atoms with van der Waals surface area (Å²) in [5.74, 6) is -0.756. The van der Waals surface area contributed by atoms with Gasteiger partial charge in [0, 0.05) is 17.7 Å². The van der Waals surface area contributed by atoms with Crippen molar-refractivity contribution in [1.82, 2.24) is 4.98 Å². The van der Waals surface area contributed by atoms with E-state index in [4.69, 9.17) is 5.11 Å². The largest absolute Gasteiger partial charge is 0.481 e. The molecule has 0 radical (unpaired) electrons. The topological polar surface area (TPSA) is 79.3 Å². The highest BCUT2D eigenvalue weighted by molar-refractivity contribution is 7.13. The number of aromatic nitrogens is 1. The number of carbonyl (C=O) groups excluding carboxylic acids is 1. The van der Waals surface area contributed by atoms with E-state index in [-0.39, 0.29) is 18.2 Å².